The molecule has 2 rings (SSSR count). The Hall–Kier alpha value is 0.387. The van der Waals surface area contributed by atoms with Crippen molar-refractivity contribution in [1.82, 2.24) is 4.98 Å². The molecule has 1 aromatic rings. The molecule has 0 amide bonds. The molecule has 0 fully saturated rings. The van der Waals surface area contributed by atoms with Crippen molar-refractivity contribution in [3.63, 3.8) is 0 Å². The molecule has 0 aromatic heterocycles. The standard InChI is InChI=1S/C16H25NOSi.2ClH.Hf/c1-16(2,3)17-19(5,6)15-13-10-8-7-9-12(13)11-14(15)18-4;;;/h7-11,15,17H,1-6H3;2*1H;/q;;;+2/p-2. The van der Waals surface area contributed by atoms with Crippen molar-refractivity contribution in [3.05, 3.63) is 41.2 Å². The van der Waals surface area contributed by atoms with E-state index < -0.39 is 8.24 Å². The SMILES string of the molecule is COC1=Cc2ccccc2C1[Si](C)(C)NC(C)(C)C.[Cl-].[Cl-].[Hf+2]. The van der Waals surface area contributed by atoms with E-state index in [9.17, 15) is 0 Å². The molecule has 0 heterocycles. The Morgan fingerprint density at radius 3 is 2.14 bits per heavy atom. The first-order valence-electron chi connectivity index (χ1n) is 6.88. The van der Waals surface area contributed by atoms with Crippen molar-refractivity contribution in [3.8, 4) is 0 Å². The van der Waals surface area contributed by atoms with Crippen LogP contribution < -0.4 is 29.8 Å². The van der Waals surface area contributed by atoms with Gasteiger partial charge in [0.25, 0.3) is 0 Å². The number of nitrogens with one attached hydrogen (secondary N) is 1. The Morgan fingerprint density at radius 2 is 1.64 bits per heavy atom. The second-order valence-corrected chi connectivity index (χ2v) is 11.2. The van der Waals surface area contributed by atoms with Gasteiger partial charge in [-0.3, -0.25) is 0 Å². The second-order valence-electron chi connectivity index (χ2n) is 6.91. The molecule has 6 heteroatoms. The normalized spacial score (nSPS) is 16.5. The Bertz CT molecular complexity index is 515. The van der Waals surface area contributed by atoms with Crippen LogP contribution in [0.4, 0.5) is 0 Å². The van der Waals surface area contributed by atoms with Gasteiger partial charge in [-0.2, -0.15) is 0 Å². The summed E-state index contributed by atoms with van der Waals surface area (Å²) >= 11 is 0. The fourth-order valence-electron chi connectivity index (χ4n) is 3.25. The number of benzene rings is 1. The molecule has 0 saturated carbocycles. The summed E-state index contributed by atoms with van der Waals surface area (Å²) in [5, 5.41) is 0. The van der Waals surface area contributed by atoms with Crippen LogP contribution in [0.25, 0.3) is 6.08 Å². The van der Waals surface area contributed by atoms with E-state index >= 15 is 0 Å². The molecule has 1 aromatic carbocycles. The van der Waals surface area contributed by atoms with Gasteiger partial charge < -0.3 is 34.5 Å². The quantitative estimate of drug-likeness (QED) is 0.458. The van der Waals surface area contributed by atoms with Gasteiger partial charge in [-0.25, -0.2) is 0 Å². The molecule has 22 heavy (non-hydrogen) atoms. The summed E-state index contributed by atoms with van der Waals surface area (Å²) < 4.78 is 5.66. The van der Waals surface area contributed by atoms with Crippen LogP contribution in [0.3, 0.4) is 0 Å². The number of fused-ring (bicyclic) bond motifs is 1. The molecule has 0 radical (unpaired) electrons. The number of halogens is 2. The van der Waals surface area contributed by atoms with Crippen molar-refractivity contribution in [2.75, 3.05) is 7.11 Å². The van der Waals surface area contributed by atoms with E-state index in [2.05, 4.69) is 69.2 Å². The summed E-state index contributed by atoms with van der Waals surface area (Å²) in [6.45, 7) is 11.5. The zero-order chi connectivity index (χ0) is 14.3. The van der Waals surface area contributed by atoms with Gasteiger partial charge >= 0.3 is 25.8 Å². The Kier molecular flexibility index (Phi) is 10.1. The third-order valence-corrected chi connectivity index (χ3v) is 6.98. The maximum atomic E-state index is 5.66. The van der Waals surface area contributed by atoms with Gasteiger partial charge in [0.2, 0.25) is 0 Å². The Labute approximate surface area is 167 Å². The molecule has 1 unspecified atom stereocenters. The van der Waals surface area contributed by atoms with Gasteiger partial charge in [0.15, 0.2) is 0 Å². The molecule has 1 N–H and O–H groups in total. The van der Waals surface area contributed by atoms with Gasteiger partial charge in [-0.05, 0) is 38.0 Å². The van der Waals surface area contributed by atoms with Gasteiger partial charge in [-0.1, -0.05) is 37.4 Å². The van der Waals surface area contributed by atoms with Crippen LogP contribution in [0.15, 0.2) is 30.0 Å². The first-order chi connectivity index (χ1) is 8.74. The maximum Gasteiger partial charge on any atom is 2.00 e. The molecule has 0 bridgehead atoms. The Balaban J connectivity index is 0. The predicted octanol–water partition coefficient (Wildman–Crippen LogP) is -2.09. The number of allylic oxidation sites excluding steroid dienone is 1. The smallest absolute Gasteiger partial charge is 1.00 e. The van der Waals surface area contributed by atoms with Crippen molar-refractivity contribution in [2.45, 2.75) is 44.9 Å². The van der Waals surface area contributed by atoms with E-state index in [1.54, 1.807) is 7.11 Å². The van der Waals surface area contributed by atoms with E-state index in [1.807, 2.05) is 0 Å². The first-order valence-corrected chi connectivity index (χ1v) is 9.96. The monoisotopic (exact) mass is 525 g/mol. The van der Waals surface area contributed by atoms with Gasteiger partial charge in [0, 0.05) is 5.54 Å². The minimum absolute atomic E-state index is 0. The molecule has 0 saturated heterocycles. The van der Waals surface area contributed by atoms with Gasteiger partial charge in [0.05, 0.1) is 12.7 Å². The second kappa shape index (κ2) is 9.02. The topological polar surface area (TPSA) is 21.3 Å². The van der Waals surface area contributed by atoms with Crippen molar-refractivity contribution in [1.29, 1.82) is 0 Å². The van der Waals surface area contributed by atoms with E-state index in [1.165, 1.54) is 11.1 Å². The van der Waals surface area contributed by atoms with Crippen LogP contribution in [-0.2, 0) is 30.6 Å². The van der Waals surface area contributed by atoms with E-state index in [0.29, 0.717) is 5.54 Å². The molecule has 0 spiro atoms. The number of ether oxygens (including phenoxy) is 1. The third-order valence-electron chi connectivity index (χ3n) is 3.54. The predicted molar refractivity (Wildman–Crippen MR) is 84.5 cm³/mol. The molecular weight excluding hydrogens is 500 g/mol. The average molecular weight is 525 g/mol. The van der Waals surface area contributed by atoms with Crippen molar-refractivity contribution in [2.24, 2.45) is 0 Å². The van der Waals surface area contributed by atoms with Crippen LogP contribution in [0.1, 0.15) is 37.4 Å². The minimum atomic E-state index is -1.68. The molecule has 122 valence electrons. The van der Waals surface area contributed by atoms with Crippen molar-refractivity contribution >= 4 is 14.3 Å². The van der Waals surface area contributed by atoms with Crippen LogP contribution >= 0.6 is 0 Å². The molecule has 1 aliphatic carbocycles. The van der Waals surface area contributed by atoms with Crippen LogP contribution in [0.5, 0.6) is 0 Å². The molecular formula is C16H25Cl2HfNOSi. The fourth-order valence-corrected chi connectivity index (χ4v) is 7.29. The molecule has 0 aliphatic heterocycles. The number of hydrogen-bond donors (Lipinski definition) is 1. The van der Waals surface area contributed by atoms with Gasteiger partial charge in [0.1, 0.15) is 14.0 Å². The number of hydrogen-bond acceptors (Lipinski definition) is 2. The summed E-state index contributed by atoms with van der Waals surface area (Å²) in [5.74, 6) is 1.11. The van der Waals surface area contributed by atoms with Crippen molar-refractivity contribution < 1.29 is 55.4 Å². The minimum Gasteiger partial charge on any atom is -1.00 e. The molecule has 2 nitrogen and oxygen atoms in total. The first kappa shape index (κ1) is 24.6. The van der Waals surface area contributed by atoms with E-state index in [0.717, 1.165) is 5.76 Å². The fraction of sp³-hybridized carbons (Fsp3) is 0.500. The van der Waals surface area contributed by atoms with Crippen LogP contribution in [0.2, 0.25) is 13.1 Å². The maximum absolute atomic E-state index is 5.66. The summed E-state index contributed by atoms with van der Waals surface area (Å²) in [6.07, 6.45) is 2.19. The summed E-state index contributed by atoms with van der Waals surface area (Å²) in [4.78, 5) is 3.86. The molecule has 1 aliphatic rings. The number of methoxy groups -OCH3 is 1. The molecule has 1 atom stereocenters. The zero-order valence-corrected chi connectivity index (χ0v) is 20.2. The van der Waals surface area contributed by atoms with Gasteiger partial charge in [-0.15, -0.1) is 0 Å². The van der Waals surface area contributed by atoms with E-state index in [-0.39, 0.29) is 56.2 Å². The van der Waals surface area contributed by atoms with Crippen LogP contribution in [-0.4, -0.2) is 20.9 Å². The average Bonchev–Trinajstić information content (AvgIpc) is 2.64. The summed E-state index contributed by atoms with van der Waals surface area (Å²) in [7, 11) is 0.0998. The third kappa shape index (κ3) is 5.48. The Morgan fingerprint density at radius 1 is 1.09 bits per heavy atom. The zero-order valence-electron chi connectivity index (χ0n) is 14.1. The van der Waals surface area contributed by atoms with Crippen LogP contribution in [0, 0.1) is 0 Å². The largest absolute Gasteiger partial charge is 2.00 e. The summed E-state index contributed by atoms with van der Waals surface area (Å²) in [5.41, 5.74) is 3.24. The number of rotatable bonds is 3. The van der Waals surface area contributed by atoms with E-state index in [4.69, 9.17) is 4.74 Å². The summed E-state index contributed by atoms with van der Waals surface area (Å²) in [6, 6.07) is 8.63.